The second-order valence-electron chi connectivity index (χ2n) is 14.7. The number of likely N-dealkylation sites (tertiary alicyclic amines) is 1. The zero-order valence-corrected chi connectivity index (χ0v) is 29.3. The van der Waals surface area contributed by atoms with Crippen LogP contribution in [0.1, 0.15) is 103 Å². The summed E-state index contributed by atoms with van der Waals surface area (Å²) in [4.78, 5) is 41.2. The number of hydrogen-bond donors (Lipinski definition) is 6. The fourth-order valence-electron chi connectivity index (χ4n) is 6.93. The molecule has 266 valence electrons. The van der Waals surface area contributed by atoms with Crippen molar-refractivity contribution in [1.29, 1.82) is 5.26 Å². The summed E-state index contributed by atoms with van der Waals surface area (Å²) >= 11 is 0. The number of nitrogens with zero attached hydrogens (tertiary/aromatic N) is 5. The number of tetrazole rings is 1. The van der Waals surface area contributed by atoms with E-state index in [1.807, 2.05) is 31.2 Å². The van der Waals surface area contributed by atoms with Crippen molar-refractivity contribution < 1.29 is 24.6 Å². The summed E-state index contributed by atoms with van der Waals surface area (Å²) in [6.45, 7) is 9.22. The van der Waals surface area contributed by atoms with Gasteiger partial charge in [0, 0.05) is 36.8 Å². The molecule has 3 amide bonds. The second kappa shape index (κ2) is 14.6. The number of aromatic nitrogens is 4. The first-order chi connectivity index (χ1) is 23.6. The Morgan fingerprint density at radius 1 is 1.00 bits per heavy atom. The molecule has 2 aromatic carbocycles. The highest BCUT2D eigenvalue weighted by atomic mass is 16.3. The number of carbonyl (C=O) groups is 3. The van der Waals surface area contributed by atoms with Gasteiger partial charge in [-0.15, -0.1) is 5.10 Å². The highest BCUT2D eigenvalue weighted by Gasteiger charge is 2.45. The van der Waals surface area contributed by atoms with E-state index in [2.05, 4.69) is 42.6 Å². The number of aromatic amines is 1. The maximum Gasteiger partial charge on any atom is 0.251 e. The van der Waals surface area contributed by atoms with Gasteiger partial charge in [0.2, 0.25) is 5.91 Å². The Morgan fingerprint density at radius 2 is 1.56 bits per heavy atom. The first-order valence-corrected chi connectivity index (χ1v) is 17.1. The van der Waals surface area contributed by atoms with Gasteiger partial charge in [-0.2, -0.15) is 5.26 Å². The van der Waals surface area contributed by atoms with Crippen LogP contribution in [0.15, 0.2) is 36.4 Å². The van der Waals surface area contributed by atoms with Crippen LogP contribution in [-0.4, -0.2) is 103 Å². The second-order valence-corrected chi connectivity index (χ2v) is 14.7. The van der Waals surface area contributed by atoms with E-state index in [4.69, 9.17) is 0 Å². The number of benzene rings is 2. The molecule has 2 aliphatic rings. The van der Waals surface area contributed by atoms with Crippen LogP contribution in [0.3, 0.4) is 0 Å². The molecule has 0 radical (unpaired) electrons. The van der Waals surface area contributed by atoms with Crippen LogP contribution in [0.25, 0.3) is 0 Å². The van der Waals surface area contributed by atoms with Crippen LogP contribution >= 0.6 is 0 Å². The number of rotatable bonds is 12. The molecule has 1 aliphatic heterocycles. The third-order valence-corrected chi connectivity index (χ3v) is 9.37. The highest BCUT2D eigenvalue weighted by Crippen LogP contribution is 2.47. The van der Waals surface area contributed by atoms with Crippen molar-refractivity contribution in [3.8, 4) is 6.07 Å². The monoisotopic (exact) mass is 685 g/mol. The lowest BCUT2D eigenvalue weighted by Crippen LogP contribution is -2.45. The first kappa shape index (κ1) is 36.6. The average molecular weight is 686 g/mol. The number of amides is 3. The van der Waals surface area contributed by atoms with Crippen LogP contribution in [0.5, 0.6) is 0 Å². The lowest BCUT2D eigenvalue weighted by atomic mass is 9.67. The van der Waals surface area contributed by atoms with E-state index >= 15 is 0 Å². The summed E-state index contributed by atoms with van der Waals surface area (Å²) in [5.41, 5.74) is 1.24. The summed E-state index contributed by atoms with van der Waals surface area (Å²) in [5.74, 6) is -0.313. The molecule has 5 rings (SSSR count). The molecule has 1 unspecified atom stereocenters. The van der Waals surface area contributed by atoms with Crippen LogP contribution in [0.4, 0.5) is 0 Å². The topological polar surface area (TPSA) is 209 Å². The molecular weight excluding hydrogens is 638 g/mol. The molecule has 3 aromatic rings. The molecule has 14 nitrogen and oxygen atoms in total. The van der Waals surface area contributed by atoms with Gasteiger partial charge in [0.05, 0.1) is 29.2 Å². The maximum atomic E-state index is 13.2. The minimum absolute atomic E-state index is 0.0461. The lowest BCUT2D eigenvalue weighted by molar-refractivity contribution is -0.130. The molecule has 0 bridgehead atoms. The molecule has 0 saturated carbocycles. The number of nitrogens with one attached hydrogen (secondary N) is 4. The number of aryl methyl sites for hydroxylation is 2. The third-order valence-electron chi connectivity index (χ3n) is 9.37. The van der Waals surface area contributed by atoms with Crippen molar-refractivity contribution in [3.05, 3.63) is 75.6 Å². The molecule has 6 N–H and O–H groups in total. The fourth-order valence-corrected chi connectivity index (χ4v) is 6.93. The van der Waals surface area contributed by atoms with E-state index in [0.29, 0.717) is 49.2 Å². The van der Waals surface area contributed by atoms with E-state index in [-0.39, 0.29) is 43.4 Å². The summed E-state index contributed by atoms with van der Waals surface area (Å²) in [5, 5.41) is 54.2. The predicted octanol–water partition coefficient (Wildman–Crippen LogP) is 1.52. The van der Waals surface area contributed by atoms with Gasteiger partial charge in [0.1, 0.15) is 6.04 Å². The molecule has 50 heavy (non-hydrogen) atoms. The van der Waals surface area contributed by atoms with Crippen LogP contribution in [0.2, 0.25) is 0 Å². The van der Waals surface area contributed by atoms with Crippen LogP contribution in [0, 0.1) is 11.3 Å². The number of nitriles is 1. The van der Waals surface area contributed by atoms with Gasteiger partial charge in [-0.1, -0.05) is 12.1 Å². The third kappa shape index (κ3) is 8.18. The number of hydrogen-bond acceptors (Lipinski definition) is 10. The first-order valence-electron chi connectivity index (χ1n) is 17.1. The number of aliphatic hydroxyl groups is 2. The molecule has 1 fully saturated rings. The van der Waals surface area contributed by atoms with Gasteiger partial charge in [-0.05, 0) is 124 Å². The summed E-state index contributed by atoms with van der Waals surface area (Å²) in [7, 11) is 0. The summed E-state index contributed by atoms with van der Waals surface area (Å²) in [6, 6.07) is 12.6. The maximum absolute atomic E-state index is 13.2. The lowest BCUT2D eigenvalue weighted by Gasteiger charge is -2.37. The van der Waals surface area contributed by atoms with Gasteiger partial charge in [0.25, 0.3) is 11.8 Å². The Morgan fingerprint density at radius 3 is 2.04 bits per heavy atom. The standard InChI is InChI=1S/C36H47N9O5/c1-22(38-19-30(46)45-14-6-7-27(45)18-37)17-36(33-41-43-44-42-33)28-12-10-25(31(47)39-20-34(2,3)49)15-23(28)8-9-24-16-26(11-13-29(24)36)32(48)40-21-35(4,5)50/h10-13,15-16,22,27,38,49-50H,6-9,14,17,19-21H2,1-5H3,(H,39,47)(H,40,48)(H,41,42,43,44)/t22-,27?/m0/s1. The normalized spacial score (nSPS) is 17.6. The molecule has 2 atom stereocenters. The van der Waals surface area contributed by atoms with E-state index in [1.165, 1.54) is 0 Å². The number of carbonyl (C=O) groups excluding carboxylic acids is 3. The Labute approximate surface area is 292 Å². The fraction of sp³-hybridized carbons (Fsp3) is 0.528. The molecule has 1 aliphatic carbocycles. The highest BCUT2D eigenvalue weighted by molar-refractivity contribution is 5.95. The minimum atomic E-state index is -1.08. The molecule has 1 saturated heterocycles. The van der Waals surface area contributed by atoms with Crippen LogP contribution < -0.4 is 16.0 Å². The predicted molar refractivity (Wildman–Crippen MR) is 184 cm³/mol. The Hall–Kier alpha value is -4.71. The molecule has 1 aromatic heterocycles. The van der Waals surface area contributed by atoms with Gasteiger partial charge < -0.3 is 31.1 Å². The molecule has 2 heterocycles. The van der Waals surface area contributed by atoms with E-state index in [9.17, 15) is 29.9 Å². The Balaban J connectivity index is 1.56. The average Bonchev–Trinajstić information content (AvgIpc) is 3.77. The summed E-state index contributed by atoms with van der Waals surface area (Å²) in [6.07, 6.45) is 2.94. The number of fused-ring (bicyclic) bond motifs is 2. The van der Waals surface area contributed by atoms with Crippen molar-refractivity contribution in [2.24, 2.45) is 0 Å². The van der Waals surface area contributed by atoms with E-state index < -0.39 is 22.7 Å². The number of H-pyrrole nitrogens is 1. The van der Waals surface area contributed by atoms with Gasteiger partial charge in [0.15, 0.2) is 5.82 Å². The van der Waals surface area contributed by atoms with Crippen molar-refractivity contribution in [2.75, 3.05) is 26.2 Å². The van der Waals surface area contributed by atoms with Crippen molar-refractivity contribution >= 4 is 17.7 Å². The molecular formula is C36H47N9O5. The largest absolute Gasteiger partial charge is 0.389 e. The van der Waals surface area contributed by atoms with Crippen LogP contribution in [-0.2, 0) is 23.1 Å². The van der Waals surface area contributed by atoms with Crippen molar-refractivity contribution in [2.45, 2.75) is 95.4 Å². The van der Waals surface area contributed by atoms with E-state index in [1.54, 1.807) is 44.7 Å². The minimum Gasteiger partial charge on any atom is -0.389 e. The Kier molecular flexibility index (Phi) is 10.7. The molecule has 0 spiro atoms. The van der Waals surface area contributed by atoms with Crippen molar-refractivity contribution in [3.63, 3.8) is 0 Å². The van der Waals surface area contributed by atoms with Gasteiger partial charge in [-0.25, -0.2) is 5.10 Å². The quantitative estimate of drug-likeness (QED) is 0.162. The smallest absolute Gasteiger partial charge is 0.251 e. The zero-order chi connectivity index (χ0) is 36.3. The zero-order valence-electron chi connectivity index (χ0n) is 29.3. The SMILES string of the molecule is C[C@@H](CC1(c2nnn[nH]2)c2ccc(C(=O)NCC(C)(C)O)cc2CCc2cc(C(=O)NCC(C)(C)O)ccc21)NCC(=O)N1CCCC1C#N. The van der Waals surface area contributed by atoms with Gasteiger partial charge in [-0.3, -0.25) is 14.4 Å². The summed E-state index contributed by atoms with van der Waals surface area (Å²) < 4.78 is 0. The van der Waals surface area contributed by atoms with E-state index in [0.717, 1.165) is 28.7 Å². The Bertz CT molecular complexity index is 1670. The van der Waals surface area contributed by atoms with Gasteiger partial charge >= 0.3 is 0 Å². The molecule has 14 heteroatoms. The van der Waals surface area contributed by atoms with Crippen molar-refractivity contribution in [1.82, 2.24) is 41.5 Å².